The molecule has 2 heterocycles. The molecule has 17 heavy (non-hydrogen) atoms. The number of aromatic nitrogens is 1. The van der Waals surface area contributed by atoms with Gasteiger partial charge in [-0.1, -0.05) is 20.8 Å². The Hall–Kier alpha value is 0.290. The zero-order valence-corrected chi connectivity index (χ0v) is 13.1. The van der Waals surface area contributed by atoms with Gasteiger partial charge < -0.3 is 5.73 Å². The fourth-order valence-electron chi connectivity index (χ4n) is 1.86. The maximum atomic E-state index is 5.85. The fourth-order valence-corrected chi connectivity index (χ4v) is 6.00. The summed E-state index contributed by atoms with van der Waals surface area (Å²) in [5.74, 6) is 3.73. The van der Waals surface area contributed by atoms with Gasteiger partial charge in [-0.15, -0.1) is 23.1 Å². The molecule has 1 aromatic rings. The van der Waals surface area contributed by atoms with E-state index < -0.39 is 0 Å². The highest BCUT2D eigenvalue weighted by atomic mass is 32.2. The van der Waals surface area contributed by atoms with E-state index in [1.54, 1.807) is 0 Å². The third-order valence-corrected chi connectivity index (χ3v) is 6.80. The van der Waals surface area contributed by atoms with Gasteiger partial charge in [0.05, 0.1) is 10.9 Å². The van der Waals surface area contributed by atoms with Crippen molar-refractivity contribution in [3.8, 4) is 0 Å². The van der Waals surface area contributed by atoms with E-state index in [1.807, 2.05) is 34.9 Å². The smallest absolute Gasteiger partial charge is 0.107 e. The van der Waals surface area contributed by atoms with Crippen LogP contribution in [-0.4, -0.2) is 22.2 Å². The number of nitrogens with zero attached hydrogens (tertiary/aromatic N) is 1. The summed E-state index contributed by atoms with van der Waals surface area (Å²) in [5.41, 5.74) is 7.16. The third-order valence-electron chi connectivity index (χ3n) is 2.70. The first-order valence-corrected chi connectivity index (χ1v) is 8.94. The molecule has 1 unspecified atom stereocenters. The number of thiazole rings is 1. The summed E-state index contributed by atoms with van der Waals surface area (Å²) in [5, 5.41) is 1.87. The van der Waals surface area contributed by atoms with E-state index in [0.717, 1.165) is 0 Å². The van der Waals surface area contributed by atoms with Crippen LogP contribution in [0.3, 0.4) is 0 Å². The lowest BCUT2D eigenvalue weighted by atomic mass is 9.91. The third kappa shape index (κ3) is 3.19. The maximum absolute atomic E-state index is 5.85. The molecule has 2 N–H and O–H groups in total. The van der Waals surface area contributed by atoms with Gasteiger partial charge in [-0.3, -0.25) is 0 Å². The molecule has 0 amide bonds. The topological polar surface area (TPSA) is 38.9 Å². The average Bonchev–Trinajstić information content (AvgIpc) is 2.74. The number of hydrogen-bond donors (Lipinski definition) is 1. The van der Waals surface area contributed by atoms with Gasteiger partial charge in [0.1, 0.15) is 5.01 Å². The van der Waals surface area contributed by atoms with Crippen molar-refractivity contribution in [1.82, 2.24) is 4.98 Å². The van der Waals surface area contributed by atoms with E-state index >= 15 is 0 Å². The molecule has 1 aromatic heterocycles. The van der Waals surface area contributed by atoms with Crippen molar-refractivity contribution in [3.63, 3.8) is 0 Å². The zero-order valence-electron chi connectivity index (χ0n) is 10.7. The molecule has 2 nitrogen and oxygen atoms in total. The molecule has 1 aliphatic rings. The molecule has 1 saturated heterocycles. The molecule has 0 bridgehead atoms. The molecular formula is C12H20N2S3. The van der Waals surface area contributed by atoms with Gasteiger partial charge in [-0.25, -0.2) is 4.98 Å². The first-order valence-electron chi connectivity index (χ1n) is 5.92. The molecule has 96 valence electrons. The summed E-state index contributed by atoms with van der Waals surface area (Å²) in [6.45, 7) is 7.27. The highest BCUT2D eigenvalue weighted by Gasteiger charge is 2.26. The second-order valence-corrected chi connectivity index (χ2v) is 8.79. The van der Waals surface area contributed by atoms with Crippen molar-refractivity contribution in [2.75, 3.05) is 17.3 Å². The number of nitrogens with two attached hydrogens (primary N) is 1. The molecule has 0 radical (unpaired) electrons. The van der Waals surface area contributed by atoms with Crippen LogP contribution >= 0.6 is 34.9 Å². The van der Waals surface area contributed by atoms with Gasteiger partial charge in [0.15, 0.2) is 0 Å². The zero-order chi connectivity index (χ0) is 12.5. The van der Waals surface area contributed by atoms with Gasteiger partial charge in [-0.2, -0.15) is 11.8 Å². The molecule has 5 heteroatoms. The van der Waals surface area contributed by atoms with E-state index in [9.17, 15) is 0 Å². The Labute approximate surface area is 116 Å². The van der Waals surface area contributed by atoms with Crippen LogP contribution in [0.1, 0.15) is 41.6 Å². The van der Waals surface area contributed by atoms with Crippen molar-refractivity contribution in [2.24, 2.45) is 5.73 Å². The van der Waals surface area contributed by atoms with Crippen molar-refractivity contribution < 1.29 is 0 Å². The Balaban J connectivity index is 2.27. The Morgan fingerprint density at radius 2 is 2.12 bits per heavy atom. The van der Waals surface area contributed by atoms with E-state index in [0.29, 0.717) is 11.8 Å². The van der Waals surface area contributed by atoms with Crippen LogP contribution in [0, 0.1) is 0 Å². The van der Waals surface area contributed by atoms with Crippen LogP contribution in [0.25, 0.3) is 0 Å². The summed E-state index contributed by atoms with van der Waals surface area (Å²) in [4.78, 5) is 6.15. The summed E-state index contributed by atoms with van der Waals surface area (Å²) >= 11 is 5.91. The second-order valence-electron chi connectivity index (χ2n) is 5.21. The van der Waals surface area contributed by atoms with Crippen LogP contribution in [0.5, 0.6) is 0 Å². The lowest BCUT2D eigenvalue weighted by molar-refractivity contribution is 0.564. The van der Waals surface area contributed by atoms with E-state index in [-0.39, 0.29) is 5.41 Å². The largest absolute Gasteiger partial charge is 0.326 e. The van der Waals surface area contributed by atoms with Gasteiger partial charge in [0.25, 0.3) is 0 Å². The molecular weight excluding hydrogens is 268 g/mol. The van der Waals surface area contributed by atoms with E-state index in [4.69, 9.17) is 10.7 Å². The minimum atomic E-state index is 0.107. The Morgan fingerprint density at radius 1 is 1.35 bits per heavy atom. The van der Waals surface area contributed by atoms with Gasteiger partial charge in [-0.05, 0) is 0 Å². The Kier molecular flexibility index (Phi) is 4.45. The lowest BCUT2D eigenvalue weighted by Gasteiger charge is -2.19. The Bertz CT molecular complexity index is 376. The molecule has 0 aliphatic carbocycles. The minimum Gasteiger partial charge on any atom is -0.326 e. The molecule has 0 spiro atoms. The molecule has 2 rings (SSSR count). The quantitative estimate of drug-likeness (QED) is 0.905. The minimum absolute atomic E-state index is 0.107. The van der Waals surface area contributed by atoms with Crippen LogP contribution in [0.4, 0.5) is 0 Å². The maximum Gasteiger partial charge on any atom is 0.107 e. The fraction of sp³-hybridized carbons (Fsp3) is 0.750. The first kappa shape index (κ1) is 13.7. The summed E-state index contributed by atoms with van der Waals surface area (Å²) in [7, 11) is 0. The summed E-state index contributed by atoms with van der Waals surface area (Å²) in [6, 6.07) is 0. The molecule has 1 fully saturated rings. The number of rotatable bonds is 2. The lowest BCUT2D eigenvalue weighted by Crippen LogP contribution is -2.16. The number of hydrogen-bond acceptors (Lipinski definition) is 5. The summed E-state index contributed by atoms with van der Waals surface area (Å²) in [6.07, 6.45) is 0. The van der Waals surface area contributed by atoms with Crippen LogP contribution in [0.2, 0.25) is 0 Å². The molecule has 1 aliphatic heterocycles. The van der Waals surface area contributed by atoms with E-state index in [1.165, 1.54) is 32.8 Å². The number of thioether (sulfide) groups is 2. The van der Waals surface area contributed by atoms with Crippen molar-refractivity contribution in [3.05, 3.63) is 15.6 Å². The average molecular weight is 289 g/mol. The standard InChI is InChI=1S/C12H20N2S3/c1-12(2,3)10-8(6-13)17-11(14-10)9-7-15-4-5-16-9/h9H,4-7,13H2,1-3H3. The predicted octanol–water partition coefficient (Wildman–Crippen LogP) is 3.42. The normalized spacial score (nSPS) is 21.8. The van der Waals surface area contributed by atoms with Gasteiger partial charge in [0.2, 0.25) is 0 Å². The predicted molar refractivity (Wildman–Crippen MR) is 81.2 cm³/mol. The summed E-state index contributed by atoms with van der Waals surface area (Å²) < 4.78 is 0. The molecule has 0 saturated carbocycles. The van der Waals surface area contributed by atoms with Crippen molar-refractivity contribution >= 4 is 34.9 Å². The monoisotopic (exact) mass is 288 g/mol. The van der Waals surface area contributed by atoms with Gasteiger partial charge in [0, 0.05) is 34.1 Å². The highest BCUT2D eigenvalue weighted by Crippen LogP contribution is 2.41. The van der Waals surface area contributed by atoms with E-state index in [2.05, 4.69) is 20.8 Å². The molecule has 0 aromatic carbocycles. The highest BCUT2D eigenvalue weighted by molar-refractivity contribution is 8.06. The molecule has 1 atom stereocenters. The SMILES string of the molecule is CC(C)(C)c1nc(C2CSCCS2)sc1CN. The van der Waals surface area contributed by atoms with Crippen LogP contribution in [-0.2, 0) is 12.0 Å². The van der Waals surface area contributed by atoms with Crippen molar-refractivity contribution in [2.45, 2.75) is 38.0 Å². The second kappa shape index (κ2) is 5.51. The van der Waals surface area contributed by atoms with Gasteiger partial charge >= 0.3 is 0 Å². The van der Waals surface area contributed by atoms with Crippen molar-refractivity contribution in [1.29, 1.82) is 0 Å². The Morgan fingerprint density at radius 3 is 2.59 bits per heavy atom. The van der Waals surface area contributed by atoms with Crippen LogP contribution < -0.4 is 5.73 Å². The van der Waals surface area contributed by atoms with Crippen LogP contribution in [0.15, 0.2) is 0 Å². The first-order chi connectivity index (χ1) is 8.02.